The smallest absolute Gasteiger partial charge is 0.123 e. The molecule has 2 aromatic rings. The first-order chi connectivity index (χ1) is 11.2. The molecule has 0 radical (unpaired) electrons. The van der Waals surface area contributed by atoms with Crippen molar-refractivity contribution in [2.75, 3.05) is 26.3 Å². The predicted octanol–water partition coefficient (Wildman–Crippen LogP) is 3.41. The average Bonchev–Trinajstić information content (AvgIpc) is 2.61. The number of hydrogen-bond acceptors (Lipinski definition) is 3. The van der Waals surface area contributed by atoms with Gasteiger partial charge < -0.3 is 14.4 Å². The van der Waals surface area contributed by atoms with E-state index in [1.54, 1.807) is 6.07 Å². The van der Waals surface area contributed by atoms with Crippen molar-refractivity contribution < 1.29 is 13.9 Å². The number of benzene rings is 2. The number of ether oxygens (including phenoxy) is 2. The first-order valence-electron chi connectivity index (χ1n) is 7.57. The van der Waals surface area contributed by atoms with E-state index in [-0.39, 0.29) is 5.82 Å². The largest absolute Gasteiger partial charge is 0.489 e. The lowest BCUT2D eigenvalue weighted by molar-refractivity contribution is 0.0693. The van der Waals surface area contributed by atoms with E-state index in [1.807, 2.05) is 30.3 Å². The normalized spacial score (nSPS) is 14.6. The highest BCUT2D eigenvalue weighted by Gasteiger charge is 2.14. The maximum absolute atomic E-state index is 13.1. The first kappa shape index (κ1) is 15.9. The van der Waals surface area contributed by atoms with Gasteiger partial charge in [-0.2, -0.15) is 0 Å². The third-order valence-electron chi connectivity index (χ3n) is 3.69. The van der Waals surface area contributed by atoms with Crippen molar-refractivity contribution in [2.24, 2.45) is 0 Å². The molecule has 3 rings (SSSR count). The van der Waals surface area contributed by atoms with E-state index in [1.165, 1.54) is 12.1 Å². The van der Waals surface area contributed by atoms with E-state index in [0.717, 1.165) is 48.2 Å². The molecule has 0 aliphatic carbocycles. The molecule has 1 aliphatic heterocycles. The Morgan fingerprint density at radius 1 is 1.13 bits per heavy atom. The van der Waals surface area contributed by atoms with Crippen LogP contribution in [0.15, 0.2) is 48.5 Å². The molecular weight excluding hydrogens is 313 g/mol. The predicted molar refractivity (Wildman–Crippen MR) is 91.3 cm³/mol. The Balaban J connectivity index is 1.59. The Labute approximate surface area is 140 Å². The van der Waals surface area contributed by atoms with Gasteiger partial charge in [0.1, 0.15) is 23.2 Å². The maximum Gasteiger partial charge on any atom is 0.123 e. The van der Waals surface area contributed by atoms with Gasteiger partial charge in [-0.1, -0.05) is 24.4 Å². The Morgan fingerprint density at radius 3 is 2.57 bits per heavy atom. The molecule has 2 aromatic carbocycles. The van der Waals surface area contributed by atoms with Gasteiger partial charge in [0, 0.05) is 18.7 Å². The van der Waals surface area contributed by atoms with E-state index in [9.17, 15) is 4.39 Å². The molecule has 0 atom stereocenters. The van der Waals surface area contributed by atoms with Gasteiger partial charge in [0.15, 0.2) is 0 Å². The second kappa shape index (κ2) is 7.53. The Hall–Kier alpha value is -1.98. The summed E-state index contributed by atoms with van der Waals surface area (Å²) in [6.07, 6.45) is 0. The molecule has 0 aromatic heterocycles. The van der Waals surface area contributed by atoms with E-state index < -0.39 is 0 Å². The van der Waals surface area contributed by atoms with Gasteiger partial charge in [-0.25, -0.2) is 4.39 Å². The zero-order valence-corrected chi connectivity index (χ0v) is 13.5. The molecule has 0 amide bonds. The standard InChI is InChI=1S/C18H18FNO2S/c19-16-3-1-2-14(12-16)13-22-17-6-4-15(5-7-17)18(23)20-8-10-21-11-9-20/h1-7,12H,8-11,13H2. The lowest BCUT2D eigenvalue weighted by Gasteiger charge is -2.29. The summed E-state index contributed by atoms with van der Waals surface area (Å²) in [5.74, 6) is 0.486. The topological polar surface area (TPSA) is 21.7 Å². The maximum atomic E-state index is 13.1. The molecule has 0 saturated carbocycles. The molecule has 5 heteroatoms. The number of nitrogens with zero attached hydrogens (tertiary/aromatic N) is 1. The summed E-state index contributed by atoms with van der Waals surface area (Å²) < 4.78 is 24.2. The van der Waals surface area contributed by atoms with Crippen LogP contribution < -0.4 is 4.74 Å². The highest BCUT2D eigenvalue weighted by atomic mass is 32.1. The zero-order valence-electron chi connectivity index (χ0n) is 12.7. The van der Waals surface area contributed by atoms with E-state index in [2.05, 4.69) is 4.90 Å². The van der Waals surface area contributed by atoms with Crippen LogP contribution in [0, 0.1) is 5.82 Å². The number of halogens is 1. The molecule has 1 aliphatic rings. The van der Waals surface area contributed by atoms with Crippen molar-refractivity contribution in [2.45, 2.75) is 6.61 Å². The first-order valence-corrected chi connectivity index (χ1v) is 7.97. The van der Waals surface area contributed by atoms with Gasteiger partial charge in [-0.3, -0.25) is 0 Å². The van der Waals surface area contributed by atoms with Gasteiger partial charge in [-0.15, -0.1) is 0 Å². The number of thiocarbonyl (C=S) groups is 1. The molecule has 1 saturated heterocycles. The summed E-state index contributed by atoms with van der Waals surface area (Å²) >= 11 is 5.53. The minimum atomic E-state index is -0.252. The summed E-state index contributed by atoms with van der Waals surface area (Å²) in [5.41, 5.74) is 1.80. The average molecular weight is 331 g/mol. The lowest BCUT2D eigenvalue weighted by Crippen LogP contribution is -2.40. The van der Waals surface area contributed by atoms with E-state index >= 15 is 0 Å². The van der Waals surface area contributed by atoms with Crippen LogP contribution in [0.1, 0.15) is 11.1 Å². The highest BCUT2D eigenvalue weighted by molar-refractivity contribution is 7.80. The molecular formula is C18H18FNO2S. The molecule has 23 heavy (non-hydrogen) atoms. The fraction of sp³-hybridized carbons (Fsp3) is 0.278. The van der Waals surface area contributed by atoms with Crippen LogP contribution in [-0.2, 0) is 11.3 Å². The van der Waals surface area contributed by atoms with Gasteiger partial charge in [0.2, 0.25) is 0 Å². The van der Waals surface area contributed by atoms with Crippen LogP contribution in [0.3, 0.4) is 0 Å². The second-order valence-corrected chi connectivity index (χ2v) is 5.73. The van der Waals surface area contributed by atoms with E-state index in [4.69, 9.17) is 21.7 Å². The lowest BCUT2D eigenvalue weighted by atomic mass is 10.2. The van der Waals surface area contributed by atoms with Gasteiger partial charge in [0.25, 0.3) is 0 Å². The quantitative estimate of drug-likeness (QED) is 0.800. The van der Waals surface area contributed by atoms with Crippen molar-refractivity contribution in [3.63, 3.8) is 0 Å². The zero-order chi connectivity index (χ0) is 16.1. The molecule has 0 bridgehead atoms. The Kier molecular flexibility index (Phi) is 5.20. The minimum Gasteiger partial charge on any atom is -0.489 e. The second-order valence-electron chi connectivity index (χ2n) is 5.35. The third-order valence-corrected chi connectivity index (χ3v) is 4.19. The third kappa shape index (κ3) is 4.27. The minimum absolute atomic E-state index is 0.252. The van der Waals surface area contributed by atoms with Crippen LogP contribution >= 0.6 is 12.2 Å². The number of hydrogen-bond donors (Lipinski definition) is 0. The van der Waals surface area contributed by atoms with Crippen molar-refractivity contribution in [3.05, 3.63) is 65.5 Å². The van der Waals surface area contributed by atoms with Crippen LogP contribution in [0.2, 0.25) is 0 Å². The summed E-state index contributed by atoms with van der Waals surface area (Å²) in [5, 5.41) is 0. The summed E-state index contributed by atoms with van der Waals surface area (Å²) in [7, 11) is 0. The molecule has 1 heterocycles. The van der Waals surface area contributed by atoms with Crippen LogP contribution in [0.5, 0.6) is 5.75 Å². The van der Waals surface area contributed by atoms with Crippen molar-refractivity contribution >= 4 is 17.2 Å². The van der Waals surface area contributed by atoms with Crippen LogP contribution in [-0.4, -0.2) is 36.2 Å². The van der Waals surface area contributed by atoms with Crippen LogP contribution in [0.4, 0.5) is 4.39 Å². The molecule has 120 valence electrons. The number of rotatable bonds is 4. The summed E-state index contributed by atoms with van der Waals surface area (Å²) in [6.45, 7) is 3.43. The molecule has 1 fully saturated rings. The fourth-order valence-corrected chi connectivity index (χ4v) is 2.75. The summed E-state index contributed by atoms with van der Waals surface area (Å²) in [4.78, 5) is 2.99. The Bertz CT molecular complexity index is 669. The molecule has 0 unspecified atom stereocenters. The fourth-order valence-electron chi connectivity index (χ4n) is 2.44. The van der Waals surface area contributed by atoms with Crippen molar-refractivity contribution in [1.82, 2.24) is 4.90 Å². The van der Waals surface area contributed by atoms with E-state index in [0.29, 0.717) is 6.61 Å². The SMILES string of the molecule is Fc1cccc(COc2ccc(C(=S)N3CCOCC3)cc2)c1. The number of morpholine rings is 1. The molecule has 0 spiro atoms. The van der Waals surface area contributed by atoms with Crippen LogP contribution in [0.25, 0.3) is 0 Å². The highest BCUT2D eigenvalue weighted by Crippen LogP contribution is 2.17. The Morgan fingerprint density at radius 2 is 1.87 bits per heavy atom. The molecule has 3 nitrogen and oxygen atoms in total. The van der Waals surface area contributed by atoms with Gasteiger partial charge in [0.05, 0.1) is 13.2 Å². The van der Waals surface area contributed by atoms with Crippen molar-refractivity contribution in [3.8, 4) is 5.75 Å². The molecule has 0 N–H and O–H groups in total. The van der Waals surface area contributed by atoms with Gasteiger partial charge >= 0.3 is 0 Å². The monoisotopic (exact) mass is 331 g/mol. The van der Waals surface area contributed by atoms with Gasteiger partial charge in [-0.05, 0) is 42.0 Å². The summed E-state index contributed by atoms with van der Waals surface area (Å²) in [6, 6.07) is 14.1. The van der Waals surface area contributed by atoms with Crippen molar-refractivity contribution in [1.29, 1.82) is 0 Å².